The SMILES string of the molecule is COC(=O)CCc1cc(C(C)(C)C)c(OC(=O)OCC2c3ccccc3-c3ccccc32)c(C(C)(C)C)c1. The van der Waals surface area contributed by atoms with Gasteiger partial charge < -0.3 is 14.2 Å². The summed E-state index contributed by atoms with van der Waals surface area (Å²) in [5.41, 5.74) is 6.86. The molecule has 0 aromatic heterocycles. The largest absolute Gasteiger partial charge is 0.513 e. The van der Waals surface area contributed by atoms with Gasteiger partial charge in [-0.15, -0.1) is 0 Å². The minimum Gasteiger partial charge on any atom is -0.469 e. The molecule has 0 saturated heterocycles. The van der Waals surface area contributed by atoms with Crippen molar-refractivity contribution in [2.75, 3.05) is 13.7 Å². The number of ether oxygens (including phenoxy) is 3. The Morgan fingerprint density at radius 2 is 1.29 bits per heavy atom. The number of fused-ring (bicyclic) bond motifs is 3. The lowest BCUT2D eigenvalue weighted by Crippen LogP contribution is -2.24. The van der Waals surface area contributed by atoms with Crippen molar-refractivity contribution in [1.82, 2.24) is 0 Å². The van der Waals surface area contributed by atoms with Crippen molar-refractivity contribution < 1.29 is 23.8 Å². The molecule has 3 aromatic rings. The molecule has 0 amide bonds. The highest BCUT2D eigenvalue weighted by Gasteiger charge is 2.32. The quantitative estimate of drug-likeness (QED) is 0.249. The summed E-state index contributed by atoms with van der Waals surface area (Å²) in [6.07, 6.45) is 0.116. The first-order chi connectivity index (χ1) is 17.9. The molecule has 4 rings (SSSR count). The molecular formula is C33H38O5. The molecule has 0 heterocycles. The van der Waals surface area contributed by atoms with E-state index in [0.717, 1.165) is 27.8 Å². The summed E-state index contributed by atoms with van der Waals surface area (Å²) in [4.78, 5) is 25.0. The molecule has 0 spiro atoms. The van der Waals surface area contributed by atoms with Crippen LogP contribution in [-0.2, 0) is 31.5 Å². The van der Waals surface area contributed by atoms with Gasteiger partial charge in [-0.05, 0) is 45.1 Å². The van der Waals surface area contributed by atoms with Gasteiger partial charge in [0.05, 0.1) is 7.11 Å². The molecular weight excluding hydrogens is 476 g/mol. The lowest BCUT2D eigenvalue weighted by atomic mass is 9.78. The standard InChI is InChI=1S/C33H38O5/c1-32(2,3)27-18-21(16-17-29(34)36-7)19-28(33(4,5)6)30(27)38-31(35)37-20-26-24-14-10-8-12-22(24)23-13-9-11-15-25(23)26/h8-15,18-19,26H,16-17,20H2,1-7H3. The second kappa shape index (κ2) is 10.6. The number of esters is 1. The van der Waals surface area contributed by atoms with Gasteiger partial charge in [0.15, 0.2) is 0 Å². The topological polar surface area (TPSA) is 61.8 Å². The van der Waals surface area contributed by atoms with Gasteiger partial charge in [0.25, 0.3) is 0 Å². The zero-order chi connectivity index (χ0) is 27.7. The number of carbonyl (C=O) groups excluding carboxylic acids is 2. The molecule has 0 bridgehead atoms. The second-order valence-electron chi connectivity index (χ2n) is 12.0. The fourth-order valence-electron chi connectivity index (χ4n) is 5.11. The second-order valence-corrected chi connectivity index (χ2v) is 12.0. The van der Waals surface area contributed by atoms with Gasteiger partial charge in [-0.1, -0.05) is 102 Å². The number of rotatable bonds is 6. The molecule has 5 nitrogen and oxygen atoms in total. The van der Waals surface area contributed by atoms with Crippen LogP contribution in [0.25, 0.3) is 11.1 Å². The van der Waals surface area contributed by atoms with Crippen LogP contribution in [-0.4, -0.2) is 25.8 Å². The molecule has 0 aliphatic heterocycles. The van der Waals surface area contributed by atoms with Crippen LogP contribution in [0.5, 0.6) is 5.75 Å². The summed E-state index contributed by atoms with van der Waals surface area (Å²) in [5.74, 6) is 0.238. The first kappa shape index (κ1) is 27.4. The maximum atomic E-state index is 13.2. The summed E-state index contributed by atoms with van der Waals surface area (Å²) in [5, 5.41) is 0. The zero-order valence-electron chi connectivity index (χ0n) is 23.5. The highest BCUT2D eigenvalue weighted by Crippen LogP contribution is 2.45. The molecule has 1 aliphatic carbocycles. The van der Waals surface area contributed by atoms with Crippen LogP contribution in [0.3, 0.4) is 0 Å². The molecule has 5 heteroatoms. The Morgan fingerprint density at radius 3 is 1.76 bits per heavy atom. The van der Waals surface area contributed by atoms with Gasteiger partial charge in [0.1, 0.15) is 12.4 Å². The number of carbonyl (C=O) groups is 2. The summed E-state index contributed by atoms with van der Waals surface area (Å²) < 4.78 is 16.6. The minimum absolute atomic E-state index is 0.0418. The van der Waals surface area contributed by atoms with Gasteiger partial charge in [0.2, 0.25) is 0 Å². The van der Waals surface area contributed by atoms with E-state index < -0.39 is 6.16 Å². The summed E-state index contributed by atoms with van der Waals surface area (Å²) in [7, 11) is 1.40. The Kier molecular flexibility index (Phi) is 7.68. The molecule has 0 saturated carbocycles. The summed E-state index contributed by atoms with van der Waals surface area (Å²) in [6, 6.07) is 20.6. The Labute approximate surface area is 226 Å². The van der Waals surface area contributed by atoms with Crippen molar-refractivity contribution in [3.63, 3.8) is 0 Å². The van der Waals surface area contributed by atoms with Crippen molar-refractivity contribution >= 4 is 12.1 Å². The molecule has 0 unspecified atom stereocenters. The van der Waals surface area contributed by atoms with E-state index >= 15 is 0 Å². The van der Waals surface area contributed by atoms with E-state index in [1.165, 1.54) is 18.2 Å². The lowest BCUT2D eigenvalue weighted by Gasteiger charge is -2.30. The lowest BCUT2D eigenvalue weighted by molar-refractivity contribution is -0.140. The molecule has 38 heavy (non-hydrogen) atoms. The monoisotopic (exact) mass is 514 g/mol. The molecule has 1 aliphatic rings. The third kappa shape index (κ3) is 5.77. The van der Waals surface area contributed by atoms with E-state index in [0.29, 0.717) is 12.2 Å². The van der Waals surface area contributed by atoms with Gasteiger partial charge in [-0.3, -0.25) is 4.79 Å². The van der Waals surface area contributed by atoms with Gasteiger partial charge in [-0.2, -0.15) is 0 Å². The summed E-state index contributed by atoms with van der Waals surface area (Å²) in [6.45, 7) is 12.7. The van der Waals surface area contributed by atoms with Crippen LogP contribution < -0.4 is 4.74 Å². The van der Waals surface area contributed by atoms with Crippen molar-refractivity contribution in [3.05, 3.63) is 88.5 Å². The van der Waals surface area contributed by atoms with Gasteiger partial charge >= 0.3 is 12.1 Å². The van der Waals surface area contributed by atoms with Gasteiger partial charge in [0, 0.05) is 23.5 Å². The minimum atomic E-state index is -0.717. The third-order valence-corrected chi connectivity index (χ3v) is 7.13. The molecule has 200 valence electrons. The van der Waals surface area contributed by atoms with E-state index in [-0.39, 0.29) is 35.7 Å². The zero-order valence-corrected chi connectivity index (χ0v) is 23.5. The van der Waals surface area contributed by atoms with E-state index in [4.69, 9.17) is 14.2 Å². The van der Waals surface area contributed by atoms with Crippen LogP contribution in [0.4, 0.5) is 4.79 Å². The Bertz CT molecular complexity index is 1260. The maximum Gasteiger partial charge on any atom is 0.513 e. The van der Waals surface area contributed by atoms with E-state index in [2.05, 4.69) is 65.8 Å². The normalized spacial score (nSPS) is 13.0. The fraction of sp³-hybridized carbons (Fsp3) is 0.394. The predicted molar refractivity (Wildman–Crippen MR) is 150 cm³/mol. The van der Waals surface area contributed by atoms with E-state index in [1.807, 2.05) is 36.4 Å². The smallest absolute Gasteiger partial charge is 0.469 e. The van der Waals surface area contributed by atoms with Crippen molar-refractivity contribution in [2.45, 2.75) is 71.1 Å². The average Bonchev–Trinajstić information content (AvgIpc) is 3.18. The van der Waals surface area contributed by atoms with Crippen molar-refractivity contribution in [2.24, 2.45) is 0 Å². The Hall–Kier alpha value is -3.60. The van der Waals surface area contributed by atoms with Crippen LogP contribution in [0.15, 0.2) is 60.7 Å². The molecule has 3 aromatic carbocycles. The Balaban J connectivity index is 1.61. The fourth-order valence-corrected chi connectivity index (χ4v) is 5.11. The number of aryl methyl sites for hydroxylation is 1. The number of hydrogen-bond acceptors (Lipinski definition) is 5. The van der Waals surface area contributed by atoms with Crippen LogP contribution in [0.2, 0.25) is 0 Å². The molecule has 0 fully saturated rings. The van der Waals surface area contributed by atoms with E-state index in [1.54, 1.807) is 0 Å². The maximum absolute atomic E-state index is 13.2. The highest BCUT2D eigenvalue weighted by molar-refractivity contribution is 5.79. The number of hydrogen-bond donors (Lipinski definition) is 0. The molecule has 0 N–H and O–H groups in total. The predicted octanol–water partition coefficient (Wildman–Crippen LogP) is 7.72. The number of methoxy groups -OCH3 is 1. The third-order valence-electron chi connectivity index (χ3n) is 7.13. The number of benzene rings is 3. The van der Waals surface area contributed by atoms with Crippen molar-refractivity contribution in [3.8, 4) is 16.9 Å². The van der Waals surface area contributed by atoms with Gasteiger partial charge in [-0.25, -0.2) is 4.79 Å². The van der Waals surface area contributed by atoms with Crippen LogP contribution in [0.1, 0.15) is 81.7 Å². The van der Waals surface area contributed by atoms with Crippen LogP contribution >= 0.6 is 0 Å². The first-order valence-electron chi connectivity index (χ1n) is 13.2. The molecule has 0 atom stereocenters. The van der Waals surface area contributed by atoms with E-state index in [9.17, 15) is 9.59 Å². The van der Waals surface area contributed by atoms with Crippen LogP contribution in [0, 0.1) is 0 Å². The average molecular weight is 515 g/mol. The van der Waals surface area contributed by atoms with Crippen molar-refractivity contribution in [1.29, 1.82) is 0 Å². The summed E-state index contributed by atoms with van der Waals surface area (Å²) >= 11 is 0. The first-order valence-corrected chi connectivity index (χ1v) is 13.2. The highest BCUT2D eigenvalue weighted by atomic mass is 16.7. The molecule has 0 radical (unpaired) electrons. The Morgan fingerprint density at radius 1 is 0.789 bits per heavy atom.